The molecule has 5 heteroatoms. The minimum Gasteiger partial charge on any atom is -0.481 e. The molecule has 1 fully saturated rings. The van der Waals surface area contributed by atoms with Crippen molar-refractivity contribution in [1.29, 1.82) is 0 Å². The number of carboxylic acid groups (broad SMARTS) is 1. The second-order valence-corrected chi connectivity index (χ2v) is 6.44. The largest absolute Gasteiger partial charge is 0.481 e. The van der Waals surface area contributed by atoms with E-state index in [0.29, 0.717) is 11.8 Å². The van der Waals surface area contributed by atoms with Crippen molar-refractivity contribution in [2.45, 2.75) is 56.7 Å². The van der Waals surface area contributed by atoms with Crippen LogP contribution in [0.15, 0.2) is 0 Å². The molecule has 0 aliphatic heterocycles. The van der Waals surface area contributed by atoms with Crippen LogP contribution in [-0.4, -0.2) is 46.0 Å². The number of rotatable bonds is 6. The molecule has 0 spiro atoms. The molecule has 0 aromatic rings. The van der Waals surface area contributed by atoms with E-state index in [0.717, 1.165) is 12.8 Å². The minimum atomic E-state index is -0.803. The Morgan fingerprint density at radius 1 is 1.33 bits per heavy atom. The molecule has 0 bridgehead atoms. The SMILES string of the molecule is CC(CC(=O)O)SCC(=O)N(C)C1CCCCC1. The molecule has 1 unspecified atom stereocenters. The molecule has 1 atom stereocenters. The number of hydrogen-bond donors (Lipinski definition) is 1. The summed E-state index contributed by atoms with van der Waals surface area (Å²) in [5.41, 5.74) is 0. The van der Waals surface area contributed by atoms with Crippen molar-refractivity contribution in [1.82, 2.24) is 4.90 Å². The van der Waals surface area contributed by atoms with Crippen LogP contribution in [-0.2, 0) is 9.59 Å². The number of thioether (sulfide) groups is 1. The Morgan fingerprint density at radius 3 is 2.50 bits per heavy atom. The van der Waals surface area contributed by atoms with Gasteiger partial charge < -0.3 is 10.0 Å². The lowest BCUT2D eigenvalue weighted by molar-refractivity contribution is -0.137. The maximum absolute atomic E-state index is 12.0. The van der Waals surface area contributed by atoms with E-state index < -0.39 is 5.97 Å². The van der Waals surface area contributed by atoms with Gasteiger partial charge in [0, 0.05) is 18.3 Å². The van der Waals surface area contributed by atoms with Crippen LogP contribution >= 0.6 is 11.8 Å². The highest BCUT2D eigenvalue weighted by Gasteiger charge is 2.22. The van der Waals surface area contributed by atoms with E-state index in [1.807, 2.05) is 18.9 Å². The van der Waals surface area contributed by atoms with Crippen LogP contribution in [0.3, 0.4) is 0 Å². The Morgan fingerprint density at radius 2 is 1.94 bits per heavy atom. The summed E-state index contributed by atoms with van der Waals surface area (Å²) in [4.78, 5) is 24.4. The molecule has 0 heterocycles. The third-order valence-electron chi connectivity index (χ3n) is 3.47. The van der Waals surface area contributed by atoms with Crippen molar-refractivity contribution < 1.29 is 14.7 Å². The summed E-state index contributed by atoms with van der Waals surface area (Å²) >= 11 is 1.43. The first-order chi connectivity index (χ1) is 8.50. The molecule has 104 valence electrons. The van der Waals surface area contributed by atoms with Gasteiger partial charge in [-0.2, -0.15) is 0 Å². The van der Waals surface area contributed by atoms with Gasteiger partial charge in [-0.1, -0.05) is 26.2 Å². The van der Waals surface area contributed by atoms with Crippen LogP contribution in [0, 0.1) is 0 Å². The fourth-order valence-electron chi connectivity index (χ4n) is 2.29. The Balaban J connectivity index is 2.28. The standard InChI is InChI=1S/C13H23NO3S/c1-10(8-13(16)17)18-9-12(15)14(2)11-6-4-3-5-7-11/h10-11H,3-9H2,1-2H3,(H,16,17). The molecule has 1 aliphatic rings. The molecule has 1 N–H and O–H groups in total. The predicted octanol–water partition coefficient (Wildman–Crippen LogP) is 2.37. The number of hydrogen-bond acceptors (Lipinski definition) is 3. The second kappa shape index (κ2) is 7.67. The lowest BCUT2D eigenvalue weighted by Crippen LogP contribution is -2.39. The molecular weight excluding hydrogens is 250 g/mol. The first-order valence-electron chi connectivity index (χ1n) is 6.59. The van der Waals surface area contributed by atoms with Gasteiger partial charge >= 0.3 is 5.97 Å². The summed E-state index contributed by atoms with van der Waals surface area (Å²) in [5, 5.41) is 8.65. The molecule has 18 heavy (non-hydrogen) atoms. The Hall–Kier alpha value is -0.710. The van der Waals surface area contributed by atoms with Crippen molar-refractivity contribution >= 4 is 23.6 Å². The van der Waals surface area contributed by atoms with Crippen LogP contribution in [0.5, 0.6) is 0 Å². The number of aliphatic carboxylic acids is 1. The number of carbonyl (C=O) groups is 2. The van der Waals surface area contributed by atoms with Crippen molar-refractivity contribution in [2.24, 2.45) is 0 Å². The van der Waals surface area contributed by atoms with Gasteiger partial charge in [0.2, 0.25) is 5.91 Å². The number of carboxylic acids is 1. The van der Waals surface area contributed by atoms with E-state index in [9.17, 15) is 9.59 Å². The van der Waals surface area contributed by atoms with Gasteiger partial charge in [-0.25, -0.2) is 0 Å². The smallest absolute Gasteiger partial charge is 0.304 e. The van der Waals surface area contributed by atoms with E-state index in [1.54, 1.807) is 0 Å². The maximum atomic E-state index is 12.0. The average molecular weight is 273 g/mol. The molecule has 1 amide bonds. The quantitative estimate of drug-likeness (QED) is 0.807. The summed E-state index contributed by atoms with van der Waals surface area (Å²) in [7, 11) is 1.88. The summed E-state index contributed by atoms with van der Waals surface area (Å²) < 4.78 is 0. The highest BCUT2D eigenvalue weighted by atomic mass is 32.2. The van der Waals surface area contributed by atoms with E-state index in [4.69, 9.17) is 5.11 Å². The molecule has 0 aromatic carbocycles. The van der Waals surface area contributed by atoms with Crippen LogP contribution in [0.2, 0.25) is 0 Å². The maximum Gasteiger partial charge on any atom is 0.304 e. The number of amides is 1. The number of carbonyl (C=O) groups excluding carboxylic acids is 1. The van der Waals surface area contributed by atoms with E-state index in [-0.39, 0.29) is 17.6 Å². The van der Waals surface area contributed by atoms with Crippen molar-refractivity contribution in [3.05, 3.63) is 0 Å². The van der Waals surface area contributed by atoms with Gasteiger partial charge in [-0.3, -0.25) is 9.59 Å². The average Bonchev–Trinajstić information content (AvgIpc) is 2.35. The highest BCUT2D eigenvalue weighted by Crippen LogP contribution is 2.23. The summed E-state index contributed by atoms with van der Waals surface area (Å²) in [5.74, 6) is -0.284. The topological polar surface area (TPSA) is 57.6 Å². The normalized spacial score (nSPS) is 18.3. The van der Waals surface area contributed by atoms with Crippen LogP contribution in [0.25, 0.3) is 0 Å². The fraction of sp³-hybridized carbons (Fsp3) is 0.846. The Bertz CT molecular complexity index is 290. The zero-order valence-corrected chi connectivity index (χ0v) is 12.0. The van der Waals surface area contributed by atoms with E-state index in [1.165, 1.54) is 31.0 Å². The van der Waals surface area contributed by atoms with Gasteiger partial charge in [0.05, 0.1) is 12.2 Å². The van der Waals surface area contributed by atoms with Crippen molar-refractivity contribution in [3.63, 3.8) is 0 Å². The van der Waals surface area contributed by atoms with Crippen LogP contribution in [0.1, 0.15) is 45.4 Å². The van der Waals surface area contributed by atoms with Gasteiger partial charge in [-0.05, 0) is 12.8 Å². The summed E-state index contributed by atoms with van der Waals surface area (Å²) in [6.07, 6.45) is 6.04. The van der Waals surface area contributed by atoms with E-state index in [2.05, 4.69) is 0 Å². The summed E-state index contributed by atoms with van der Waals surface area (Å²) in [6.45, 7) is 1.85. The minimum absolute atomic E-state index is 0.00814. The van der Waals surface area contributed by atoms with Crippen LogP contribution < -0.4 is 0 Å². The van der Waals surface area contributed by atoms with Crippen LogP contribution in [0.4, 0.5) is 0 Å². The lowest BCUT2D eigenvalue weighted by Gasteiger charge is -2.31. The fourth-order valence-corrected chi connectivity index (χ4v) is 3.18. The van der Waals surface area contributed by atoms with Gasteiger partial charge in [-0.15, -0.1) is 11.8 Å². The molecule has 1 rings (SSSR count). The van der Waals surface area contributed by atoms with Gasteiger partial charge in [0.15, 0.2) is 0 Å². The Labute approximate surface area is 113 Å². The summed E-state index contributed by atoms with van der Waals surface area (Å²) in [6, 6.07) is 0.390. The lowest BCUT2D eigenvalue weighted by atomic mass is 9.94. The van der Waals surface area contributed by atoms with E-state index >= 15 is 0 Å². The highest BCUT2D eigenvalue weighted by molar-refractivity contribution is 8.00. The first-order valence-corrected chi connectivity index (χ1v) is 7.64. The molecular formula is C13H23NO3S. The Kier molecular flexibility index (Phi) is 6.54. The third kappa shape index (κ3) is 5.29. The second-order valence-electron chi connectivity index (χ2n) is 5.02. The van der Waals surface area contributed by atoms with Gasteiger partial charge in [0.1, 0.15) is 0 Å². The molecule has 0 aromatic heterocycles. The molecule has 4 nitrogen and oxygen atoms in total. The monoisotopic (exact) mass is 273 g/mol. The zero-order valence-electron chi connectivity index (χ0n) is 11.2. The number of nitrogens with zero attached hydrogens (tertiary/aromatic N) is 1. The third-order valence-corrected chi connectivity index (χ3v) is 4.62. The van der Waals surface area contributed by atoms with Crippen molar-refractivity contribution in [3.8, 4) is 0 Å². The first kappa shape index (κ1) is 15.3. The molecule has 0 saturated heterocycles. The molecule has 1 aliphatic carbocycles. The molecule has 0 radical (unpaired) electrons. The van der Waals surface area contributed by atoms with Crippen molar-refractivity contribution in [2.75, 3.05) is 12.8 Å². The molecule has 1 saturated carbocycles. The van der Waals surface area contributed by atoms with Gasteiger partial charge in [0.25, 0.3) is 0 Å². The predicted molar refractivity (Wildman–Crippen MR) is 73.8 cm³/mol. The zero-order chi connectivity index (χ0) is 13.5.